The number of hydrogen-bond donors (Lipinski definition) is 1. The Hall–Kier alpha value is -2.11. The third-order valence-corrected chi connectivity index (χ3v) is 4.02. The van der Waals surface area contributed by atoms with Crippen LogP contribution in [0.3, 0.4) is 0 Å². The predicted octanol–water partition coefficient (Wildman–Crippen LogP) is 3.81. The third-order valence-electron chi connectivity index (χ3n) is 3.47. The largest absolute Gasteiger partial charge is 0.479 e. The number of halogens is 2. The Kier molecular flexibility index (Phi) is 5.02. The molecule has 3 rings (SSSR count). The normalized spacial score (nSPS) is 13.5. The van der Waals surface area contributed by atoms with Gasteiger partial charge in [0.15, 0.2) is 17.6 Å². The highest BCUT2D eigenvalue weighted by molar-refractivity contribution is 6.34. The molecule has 0 bridgehead atoms. The van der Waals surface area contributed by atoms with Crippen LogP contribution in [0.1, 0.15) is 12.5 Å². The average molecular weight is 368 g/mol. The Bertz CT molecular complexity index is 766. The molecule has 1 amide bonds. The molecule has 2 aromatic rings. The van der Waals surface area contributed by atoms with Gasteiger partial charge in [-0.05, 0) is 36.8 Å². The molecule has 0 radical (unpaired) electrons. The van der Waals surface area contributed by atoms with Gasteiger partial charge in [0.05, 0.1) is 5.02 Å². The van der Waals surface area contributed by atoms with E-state index < -0.39 is 6.10 Å². The summed E-state index contributed by atoms with van der Waals surface area (Å²) < 4.78 is 16.1. The summed E-state index contributed by atoms with van der Waals surface area (Å²) >= 11 is 11.9. The first-order valence-corrected chi connectivity index (χ1v) is 8.06. The molecule has 5 nitrogen and oxygen atoms in total. The topological polar surface area (TPSA) is 56.8 Å². The average Bonchev–Trinajstić information content (AvgIpc) is 3.03. The third kappa shape index (κ3) is 3.86. The number of ether oxygens (including phenoxy) is 3. The molecule has 1 aliphatic rings. The summed E-state index contributed by atoms with van der Waals surface area (Å²) in [6, 6.07) is 10.4. The zero-order valence-corrected chi connectivity index (χ0v) is 14.4. The first-order chi connectivity index (χ1) is 11.5. The van der Waals surface area contributed by atoms with E-state index in [1.54, 1.807) is 25.1 Å². The lowest BCUT2D eigenvalue weighted by Crippen LogP contribution is -2.35. The van der Waals surface area contributed by atoms with E-state index in [1.807, 2.05) is 18.2 Å². The molecule has 0 fully saturated rings. The first kappa shape index (κ1) is 16.7. The fraction of sp³-hybridized carbons (Fsp3) is 0.235. The Morgan fingerprint density at radius 3 is 2.83 bits per heavy atom. The molecule has 1 aliphatic heterocycles. The van der Waals surface area contributed by atoms with Crippen molar-refractivity contribution >= 4 is 29.1 Å². The van der Waals surface area contributed by atoms with E-state index in [4.69, 9.17) is 37.4 Å². The van der Waals surface area contributed by atoms with E-state index >= 15 is 0 Å². The molecule has 1 N–H and O–H groups in total. The Labute approximate surface area is 149 Å². The number of fused-ring (bicyclic) bond motifs is 1. The van der Waals surface area contributed by atoms with Gasteiger partial charge in [-0.2, -0.15) is 0 Å². The van der Waals surface area contributed by atoms with Gasteiger partial charge in [-0.1, -0.05) is 29.3 Å². The van der Waals surface area contributed by atoms with Crippen LogP contribution < -0.4 is 19.5 Å². The van der Waals surface area contributed by atoms with Gasteiger partial charge in [0.2, 0.25) is 6.79 Å². The number of carbonyl (C=O) groups is 1. The lowest BCUT2D eigenvalue weighted by atomic mass is 10.2. The van der Waals surface area contributed by atoms with E-state index in [-0.39, 0.29) is 12.7 Å². The molecule has 1 heterocycles. The van der Waals surface area contributed by atoms with Crippen LogP contribution in [0, 0.1) is 0 Å². The maximum atomic E-state index is 12.2. The summed E-state index contributed by atoms with van der Waals surface area (Å²) in [4.78, 5) is 12.2. The van der Waals surface area contributed by atoms with Crippen LogP contribution >= 0.6 is 23.2 Å². The van der Waals surface area contributed by atoms with Gasteiger partial charge >= 0.3 is 0 Å². The van der Waals surface area contributed by atoms with Crippen LogP contribution in [-0.4, -0.2) is 18.8 Å². The molecule has 0 saturated carbocycles. The van der Waals surface area contributed by atoms with Crippen LogP contribution in [0.5, 0.6) is 17.2 Å². The van der Waals surface area contributed by atoms with Crippen molar-refractivity contribution in [2.24, 2.45) is 0 Å². The van der Waals surface area contributed by atoms with Gasteiger partial charge in [0.25, 0.3) is 5.91 Å². The quantitative estimate of drug-likeness (QED) is 0.872. The minimum atomic E-state index is -0.713. The van der Waals surface area contributed by atoms with Gasteiger partial charge in [-0.3, -0.25) is 4.79 Å². The highest BCUT2D eigenvalue weighted by Crippen LogP contribution is 2.32. The van der Waals surface area contributed by atoms with Crippen LogP contribution in [-0.2, 0) is 11.3 Å². The standard InChI is InChI=1S/C17H15Cl2NO4/c1-10(24-15-7-12(18)3-4-13(15)19)17(21)20-8-11-2-5-14-16(6-11)23-9-22-14/h2-7,10H,8-9H2,1H3,(H,20,21)/t10-/m1/s1. The molecular formula is C17H15Cl2NO4. The Morgan fingerprint density at radius 2 is 2.00 bits per heavy atom. The summed E-state index contributed by atoms with van der Waals surface area (Å²) in [5.41, 5.74) is 0.903. The number of carbonyl (C=O) groups excluding carboxylic acids is 1. The second-order valence-corrected chi connectivity index (χ2v) is 6.08. The fourth-order valence-corrected chi connectivity index (χ4v) is 2.52. The van der Waals surface area contributed by atoms with Gasteiger partial charge in [0.1, 0.15) is 5.75 Å². The molecule has 0 aliphatic carbocycles. The zero-order valence-electron chi connectivity index (χ0n) is 12.8. The lowest BCUT2D eigenvalue weighted by molar-refractivity contribution is -0.127. The summed E-state index contributed by atoms with van der Waals surface area (Å²) in [6.45, 7) is 2.22. The van der Waals surface area contributed by atoms with Gasteiger partial charge in [-0.25, -0.2) is 0 Å². The number of amides is 1. The van der Waals surface area contributed by atoms with Crippen molar-refractivity contribution < 1.29 is 19.0 Å². The van der Waals surface area contributed by atoms with Crippen molar-refractivity contribution in [2.45, 2.75) is 19.6 Å². The van der Waals surface area contributed by atoms with E-state index in [0.29, 0.717) is 33.8 Å². The van der Waals surface area contributed by atoms with Gasteiger partial charge in [-0.15, -0.1) is 0 Å². The lowest BCUT2D eigenvalue weighted by Gasteiger charge is -2.16. The van der Waals surface area contributed by atoms with Crippen molar-refractivity contribution in [3.8, 4) is 17.2 Å². The van der Waals surface area contributed by atoms with Crippen LogP contribution in [0.15, 0.2) is 36.4 Å². The second-order valence-electron chi connectivity index (χ2n) is 5.24. The summed E-state index contributed by atoms with van der Waals surface area (Å²) in [6.07, 6.45) is -0.713. The monoisotopic (exact) mass is 367 g/mol. The number of rotatable bonds is 5. The maximum Gasteiger partial charge on any atom is 0.261 e. The van der Waals surface area contributed by atoms with Gasteiger partial charge < -0.3 is 19.5 Å². The van der Waals surface area contributed by atoms with Crippen molar-refractivity contribution in [3.05, 3.63) is 52.0 Å². The van der Waals surface area contributed by atoms with Crippen LogP contribution in [0.2, 0.25) is 10.0 Å². The SMILES string of the molecule is C[C@@H](Oc1cc(Cl)ccc1Cl)C(=O)NCc1ccc2c(c1)OCO2. The van der Waals surface area contributed by atoms with Crippen molar-refractivity contribution in [2.75, 3.05) is 6.79 Å². The smallest absolute Gasteiger partial charge is 0.261 e. The predicted molar refractivity (Wildman–Crippen MR) is 91.0 cm³/mol. The Morgan fingerprint density at radius 1 is 1.21 bits per heavy atom. The van der Waals surface area contributed by atoms with Crippen molar-refractivity contribution in [1.29, 1.82) is 0 Å². The molecule has 0 spiro atoms. The maximum absolute atomic E-state index is 12.2. The number of benzene rings is 2. The van der Waals surface area contributed by atoms with Gasteiger partial charge in [0, 0.05) is 17.6 Å². The molecule has 0 unspecified atom stereocenters. The minimum Gasteiger partial charge on any atom is -0.479 e. The number of hydrogen-bond acceptors (Lipinski definition) is 4. The molecule has 1 atom stereocenters. The molecule has 24 heavy (non-hydrogen) atoms. The molecule has 0 saturated heterocycles. The summed E-state index contributed by atoms with van der Waals surface area (Å²) in [5, 5.41) is 3.69. The van der Waals surface area contributed by atoms with E-state index in [1.165, 1.54) is 0 Å². The van der Waals surface area contributed by atoms with E-state index in [9.17, 15) is 4.79 Å². The summed E-state index contributed by atoms with van der Waals surface area (Å²) in [5.74, 6) is 1.49. The van der Waals surface area contributed by atoms with E-state index in [2.05, 4.69) is 5.32 Å². The highest BCUT2D eigenvalue weighted by Gasteiger charge is 2.17. The zero-order chi connectivity index (χ0) is 17.1. The molecule has 7 heteroatoms. The second kappa shape index (κ2) is 7.20. The summed E-state index contributed by atoms with van der Waals surface area (Å²) in [7, 11) is 0. The van der Waals surface area contributed by atoms with Crippen molar-refractivity contribution in [1.82, 2.24) is 5.32 Å². The minimum absolute atomic E-state index is 0.219. The molecule has 0 aromatic heterocycles. The number of nitrogens with one attached hydrogen (secondary N) is 1. The molecule has 2 aromatic carbocycles. The molecule has 126 valence electrons. The van der Waals surface area contributed by atoms with Crippen LogP contribution in [0.4, 0.5) is 0 Å². The first-order valence-electron chi connectivity index (χ1n) is 7.31. The van der Waals surface area contributed by atoms with Crippen molar-refractivity contribution in [3.63, 3.8) is 0 Å². The fourth-order valence-electron chi connectivity index (χ4n) is 2.20. The van der Waals surface area contributed by atoms with E-state index in [0.717, 1.165) is 5.56 Å². The Balaban J connectivity index is 1.57. The molecular weight excluding hydrogens is 353 g/mol. The van der Waals surface area contributed by atoms with Crippen LogP contribution in [0.25, 0.3) is 0 Å². The highest BCUT2D eigenvalue weighted by atomic mass is 35.5.